The van der Waals surface area contributed by atoms with Crippen LogP contribution in [0.1, 0.15) is 17.2 Å². The monoisotopic (exact) mass is 322 g/mol. The molecule has 0 aliphatic rings. The van der Waals surface area contributed by atoms with Gasteiger partial charge in [-0.3, -0.25) is 4.57 Å². The molecule has 2 aromatic carbocycles. The van der Waals surface area contributed by atoms with Crippen molar-refractivity contribution in [3.05, 3.63) is 68.1 Å². The average Bonchev–Trinajstić information content (AvgIpc) is 2.76. The van der Waals surface area contributed by atoms with E-state index in [0.29, 0.717) is 15.6 Å². The normalized spacial score (nSPS) is 12.8. The van der Waals surface area contributed by atoms with Crippen LogP contribution in [0.4, 0.5) is 0 Å². The maximum Gasteiger partial charge on any atom is 0.419 e. The van der Waals surface area contributed by atoms with Gasteiger partial charge in [0.25, 0.3) is 0 Å². The number of halogens is 2. The molecule has 108 valence electrons. The molecule has 3 aromatic rings. The van der Waals surface area contributed by atoms with Gasteiger partial charge in [-0.1, -0.05) is 35.3 Å². The number of aryl methyl sites for hydroxylation is 1. The second-order valence-electron chi connectivity index (χ2n) is 4.81. The SMILES string of the molecule is Cn1c(=O)oc2cc(C(N)c3ccc(Cl)c(Cl)c3)ccc21. The molecule has 0 bridgehead atoms. The summed E-state index contributed by atoms with van der Waals surface area (Å²) in [5.41, 5.74) is 9.14. The second-order valence-corrected chi connectivity index (χ2v) is 5.62. The molecule has 3 rings (SSSR count). The first-order valence-corrected chi connectivity index (χ1v) is 7.03. The topological polar surface area (TPSA) is 61.2 Å². The second kappa shape index (κ2) is 5.22. The molecular formula is C15H12Cl2N2O2. The van der Waals surface area contributed by atoms with Crippen LogP contribution < -0.4 is 11.5 Å². The number of fused-ring (bicyclic) bond motifs is 1. The van der Waals surface area contributed by atoms with Gasteiger partial charge in [-0.15, -0.1) is 0 Å². The van der Waals surface area contributed by atoms with Gasteiger partial charge in [-0.2, -0.15) is 0 Å². The Labute approximate surface area is 130 Å². The summed E-state index contributed by atoms with van der Waals surface area (Å²) in [6.07, 6.45) is 0. The summed E-state index contributed by atoms with van der Waals surface area (Å²) in [5.74, 6) is -0.398. The summed E-state index contributed by atoms with van der Waals surface area (Å²) in [7, 11) is 1.66. The fraction of sp³-hybridized carbons (Fsp3) is 0.133. The summed E-state index contributed by atoms with van der Waals surface area (Å²) in [6, 6.07) is 10.3. The highest BCUT2D eigenvalue weighted by Crippen LogP contribution is 2.28. The van der Waals surface area contributed by atoms with Crippen molar-refractivity contribution in [2.24, 2.45) is 12.8 Å². The summed E-state index contributed by atoms with van der Waals surface area (Å²) in [6.45, 7) is 0. The number of nitrogens with two attached hydrogens (primary N) is 1. The number of nitrogens with zero attached hydrogens (tertiary/aromatic N) is 1. The zero-order valence-electron chi connectivity index (χ0n) is 11.1. The van der Waals surface area contributed by atoms with E-state index in [1.165, 1.54) is 4.57 Å². The molecule has 0 saturated carbocycles. The Bertz CT molecular complexity index is 883. The van der Waals surface area contributed by atoms with E-state index in [0.717, 1.165) is 16.6 Å². The van der Waals surface area contributed by atoms with E-state index in [-0.39, 0.29) is 6.04 Å². The van der Waals surface area contributed by atoms with Crippen molar-refractivity contribution in [1.29, 1.82) is 0 Å². The predicted molar refractivity (Wildman–Crippen MR) is 83.9 cm³/mol. The lowest BCUT2D eigenvalue weighted by molar-refractivity contribution is 0.527. The number of oxazole rings is 1. The van der Waals surface area contributed by atoms with Gasteiger partial charge < -0.3 is 10.2 Å². The van der Waals surface area contributed by atoms with Crippen molar-refractivity contribution in [2.75, 3.05) is 0 Å². The van der Waals surface area contributed by atoms with Crippen molar-refractivity contribution in [3.8, 4) is 0 Å². The maximum atomic E-state index is 11.5. The van der Waals surface area contributed by atoms with Crippen LogP contribution >= 0.6 is 23.2 Å². The van der Waals surface area contributed by atoms with Crippen LogP contribution in [0.5, 0.6) is 0 Å². The molecule has 1 heterocycles. The average molecular weight is 323 g/mol. The molecular weight excluding hydrogens is 311 g/mol. The van der Waals surface area contributed by atoms with Crippen LogP contribution in [0, 0.1) is 0 Å². The lowest BCUT2D eigenvalue weighted by atomic mass is 9.99. The molecule has 1 aromatic heterocycles. The largest absolute Gasteiger partial charge is 0.419 e. The first-order valence-electron chi connectivity index (χ1n) is 6.27. The summed E-state index contributed by atoms with van der Waals surface area (Å²) < 4.78 is 6.62. The van der Waals surface area contributed by atoms with Crippen LogP contribution in [0.15, 0.2) is 45.6 Å². The Hall–Kier alpha value is -1.75. The van der Waals surface area contributed by atoms with E-state index in [2.05, 4.69) is 0 Å². The third-order valence-electron chi connectivity index (χ3n) is 3.48. The Morgan fingerprint density at radius 1 is 1.10 bits per heavy atom. The summed E-state index contributed by atoms with van der Waals surface area (Å²) in [5, 5.41) is 0.939. The van der Waals surface area contributed by atoms with E-state index < -0.39 is 5.76 Å². The highest BCUT2D eigenvalue weighted by atomic mass is 35.5. The van der Waals surface area contributed by atoms with Crippen LogP contribution in [-0.2, 0) is 7.05 Å². The Morgan fingerprint density at radius 3 is 2.48 bits per heavy atom. The van der Waals surface area contributed by atoms with Gasteiger partial charge in [0.05, 0.1) is 21.6 Å². The molecule has 4 nitrogen and oxygen atoms in total. The van der Waals surface area contributed by atoms with Crippen molar-refractivity contribution in [3.63, 3.8) is 0 Å². The Balaban J connectivity index is 2.06. The highest BCUT2D eigenvalue weighted by molar-refractivity contribution is 6.42. The van der Waals surface area contributed by atoms with Gasteiger partial charge in [0.15, 0.2) is 5.58 Å². The van der Waals surface area contributed by atoms with Crippen molar-refractivity contribution in [2.45, 2.75) is 6.04 Å². The molecule has 0 aliphatic heterocycles. The lowest BCUT2D eigenvalue weighted by Gasteiger charge is -2.13. The third-order valence-corrected chi connectivity index (χ3v) is 4.22. The van der Waals surface area contributed by atoms with E-state index in [9.17, 15) is 4.79 Å². The highest BCUT2D eigenvalue weighted by Gasteiger charge is 2.13. The Kier molecular flexibility index (Phi) is 3.53. The molecule has 0 saturated heterocycles. The third kappa shape index (κ3) is 2.46. The minimum atomic E-state index is -0.398. The van der Waals surface area contributed by atoms with E-state index in [4.69, 9.17) is 33.4 Å². The molecule has 0 fully saturated rings. The van der Waals surface area contributed by atoms with Gasteiger partial charge in [-0.05, 0) is 35.4 Å². The summed E-state index contributed by atoms with van der Waals surface area (Å²) >= 11 is 11.9. The van der Waals surface area contributed by atoms with Gasteiger partial charge >= 0.3 is 5.76 Å². The minimum Gasteiger partial charge on any atom is -0.408 e. The van der Waals surface area contributed by atoms with E-state index >= 15 is 0 Å². The number of rotatable bonds is 2. The van der Waals surface area contributed by atoms with Gasteiger partial charge in [0.2, 0.25) is 0 Å². The van der Waals surface area contributed by atoms with Gasteiger partial charge in [0.1, 0.15) is 0 Å². The van der Waals surface area contributed by atoms with E-state index in [1.54, 1.807) is 25.2 Å². The smallest absolute Gasteiger partial charge is 0.408 e. The van der Waals surface area contributed by atoms with Crippen LogP contribution in [0.25, 0.3) is 11.1 Å². The van der Waals surface area contributed by atoms with E-state index in [1.807, 2.05) is 18.2 Å². The zero-order valence-corrected chi connectivity index (χ0v) is 12.7. The van der Waals surface area contributed by atoms with Crippen LogP contribution in [0.3, 0.4) is 0 Å². The number of hydrogen-bond donors (Lipinski definition) is 1. The number of benzene rings is 2. The first-order chi connectivity index (χ1) is 9.97. The molecule has 1 atom stereocenters. The molecule has 1 unspecified atom stereocenters. The molecule has 0 radical (unpaired) electrons. The standard InChI is InChI=1S/C15H12Cl2N2O2/c1-19-12-5-3-9(7-13(12)21-15(19)20)14(18)8-2-4-10(16)11(17)6-8/h2-7,14H,18H2,1H3. The fourth-order valence-electron chi connectivity index (χ4n) is 2.24. The number of hydrogen-bond acceptors (Lipinski definition) is 3. The molecule has 2 N–H and O–H groups in total. The maximum absolute atomic E-state index is 11.5. The molecule has 0 amide bonds. The van der Waals surface area contributed by atoms with Crippen LogP contribution in [0.2, 0.25) is 10.0 Å². The van der Waals surface area contributed by atoms with Crippen molar-refractivity contribution >= 4 is 34.3 Å². The predicted octanol–water partition coefficient (Wildman–Crippen LogP) is 3.49. The summed E-state index contributed by atoms with van der Waals surface area (Å²) in [4.78, 5) is 11.5. The van der Waals surface area contributed by atoms with Gasteiger partial charge in [-0.25, -0.2) is 4.79 Å². The van der Waals surface area contributed by atoms with Crippen molar-refractivity contribution < 1.29 is 4.42 Å². The molecule has 6 heteroatoms. The fourth-order valence-corrected chi connectivity index (χ4v) is 2.55. The molecule has 0 spiro atoms. The lowest BCUT2D eigenvalue weighted by Crippen LogP contribution is -2.11. The molecule has 21 heavy (non-hydrogen) atoms. The Morgan fingerprint density at radius 2 is 1.76 bits per heavy atom. The molecule has 0 aliphatic carbocycles. The first kappa shape index (κ1) is 14.2. The van der Waals surface area contributed by atoms with Crippen LogP contribution in [-0.4, -0.2) is 4.57 Å². The number of aromatic nitrogens is 1. The van der Waals surface area contributed by atoms with Crippen molar-refractivity contribution in [1.82, 2.24) is 4.57 Å². The minimum absolute atomic E-state index is 0.380. The quantitative estimate of drug-likeness (QED) is 0.785. The van der Waals surface area contributed by atoms with Gasteiger partial charge in [0, 0.05) is 7.05 Å². The zero-order chi connectivity index (χ0) is 15.1.